The highest BCUT2D eigenvalue weighted by Crippen LogP contribution is 2.11. The lowest BCUT2D eigenvalue weighted by molar-refractivity contribution is -0.123. The molecule has 2 N–H and O–H groups in total. The summed E-state index contributed by atoms with van der Waals surface area (Å²) in [5, 5.41) is 13.2. The highest BCUT2D eigenvalue weighted by atomic mass is 16.5. The van der Waals surface area contributed by atoms with Gasteiger partial charge in [-0.1, -0.05) is 26.7 Å². The molecule has 0 aromatic rings. The van der Waals surface area contributed by atoms with E-state index >= 15 is 0 Å². The first kappa shape index (κ1) is 17.4. The van der Waals surface area contributed by atoms with Gasteiger partial charge in [0, 0.05) is 32.6 Å². The molecule has 0 aliphatic carbocycles. The predicted molar refractivity (Wildman–Crippen MR) is 79.6 cm³/mol. The highest BCUT2D eigenvalue weighted by Gasteiger charge is 2.25. The van der Waals surface area contributed by atoms with E-state index in [0.29, 0.717) is 25.4 Å². The minimum Gasteiger partial charge on any atom is -0.387 e. The maximum absolute atomic E-state index is 11.8. The summed E-state index contributed by atoms with van der Waals surface area (Å²) in [5.74, 6) is 0.442. The van der Waals surface area contributed by atoms with Gasteiger partial charge >= 0.3 is 0 Å². The summed E-state index contributed by atoms with van der Waals surface area (Å²) in [7, 11) is 0. The van der Waals surface area contributed by atoms with Crippen LogP contribution in [0.15, 0.2) is 0 Å². The molecule has 0 saturated carbocycles. The monoisotopic (exact) mass is 286 g/mol. The van der Waals surface area contributed by atoms with Crippen molar-refractivity contribution in [2.24, 2.45) is 5.92 Å². The van der Waals surface area contributed by atoms with Crippen molar-refractivity contribution < 1.29 is 14.6 Å². The summed E-state index contributed by atoms with van der Waals surface area (Å²) >= 11 is 0. The van der Waals surface area contributed by atoms with Crippen LogP contribution in [-0.4, -0.2) is 60.9 Å². The Morgan fingerprint density at radius 1 is 1.45 bits per heavy atom. The number of ether oxygens (including phenoxy) is 1. The van der Waals surface area contributed by atoms with Crippen LogP contribution < -0.4 is 5.32 Å². The van der Waals surface area contributed by atoms with Gasteiger partial charge in [-0.05, 0) is 12.8 Å². The Hall–Kier alpha value is -0.650. The number of aliphatic hydroxyl groups is 1. The van der Waals surface area contributed by atoms with Gasteiger partial charge in [0.25, 0.3) is 0 Å². The van der Waals surface area contributed by atoms with Gasteiger partial charge in [-0.25, -0.2) is 0 Å². The first-order chi connectivity index (χ1) is 9.43. The van der Waals surface area contributed by atoms with Crippen LogP contribution >= 0.6 is 0 Å². The average molecular weight is 286 g/mol. The van der Waals surface area contributed by atoms with E-state index in [-0.39, 0.29) is 5.91 Å². The third-order valence-corrected chi connectivity index (χ3v) is 3.65. The molecule has 5 heteroatoms. The number of morpholine rings is 1. The van der Waals surface area contributed by atoms with Gasteiger partial charge in [0.05, 0.1) is 18.8 Å². The molecule has 0 spiro atoms. The zero-order chi connectivity index (χ0) is 15.0. The molecule has 1 saturated heterocycles. The molecule has 0 aromatic carbocycles. The number of β-amino-alcohol motifs (C(OH)–C–C–N with tert-alkyl or cyclic N) is 1. The number of amides is 1. The number of hydrogen-bond acceptors (Lipinski definition) is 4. The van der Waals surface area contributed by atoms with Gasteiger partial charge in [0.2, 0.25) is 5.91 Å². The Balaban J connectivity index is 2.25. The third kappa shape index (κ3) is 7.22. The molecule has 0 aromatic heterocycles. The summed E-state index contributed by atoms with van der Waals surface area (Å²) < 4.78 is 5.29. The standard InChI is InChI=1S/C15H30N2O3/c1-4-5-13(2)10-14(18)16-11-15(3,19)12-17-6-8-20-9-7-17/h13,19H,4-12H2,1-3H3,(H,16,18). The summed E-state index contributed by atoms with van der Waals surface area (Å²) in [6, 6.07) is 0. The lowest BCUT2D eigenvalue weighted by atomic mass is 10.0. The normalized spacial score (nSPS) is 21.2. The van der Waals surface area contributed by atoms with Gasteiger partial charge in [-0.15, -0.1) is 0 Å². The van der Waals surface area contributed by atoms with Crippen molar-refractivity contribution >= 4 is 5.91 Å². The van der Waals surface area contributed by atoms with Gasteiger partial charge in [-0.2, -0.15) is 0 Å². The predicted octanol–water partition coefficient (Wildman–Crippen LogP) is 1.01. The number of hydrogen-bond donors (Lipinski definition) is 2. The first-order valence-corrected chi connectivity index (χ1v) is 7.72. The molecule has 1 heterocycles. The van der Waals surface area contributed by atoms with Crippen LogP contribution in [0.2, 0.25) is 0 Å². The number of carbonyl (C=O) groups is 1. The second-order valence-electron chi connectivity index (χ2n) is 6.26. The fourth-order valence-electron chi connectivity index (χ4n) is 2.57. The maximum atomic E-state index is 11.8. The van der Waals surface area contributed by atoms with Crippen LogP contribution in [0.1, 0.15) is 40.0 Å². The quantitative estimate of drug-likeness (QED) is 0.699. The third-order valence-electron chi connectivity index (χ3n) is 3.65. The molecule has 20 heavy (non-hydrogen) atoms. The van der Waals surface area contributed by atoms with Gasteiger partial charge in [0.15, 0.2) is 0 Å². The molecule has 2 atom stereocenters. The Kier molecular flexibility index (Phi) is 7.48. The van der Waals surface area contributed by atoms with Crippen molar-refractivity contribution in [2.45, 2.75) is 45.6 Å². The molecule has 5 nitrogen and oxygen atoms in total. The van der Waals surface area contributed by atoms with E-state index in [2.05, 4.69) is 24.1 Å². The Bertz CT molecular complexity index is 289. The van der Waals surface area contributed by atoms with Crippen LogP contribution in [0.4, 0.5) is 0 Å². The summed E-state index contributed by atoms with van der Waals surface area (Å²) in [6.45, 7) is 10.0. The molecule has 1 amide bonds. The van der Waals surface area contributed by atoms with Crippen LogP contribution in [0, 0.1) is 5.92 Å². The molecule has 1 rings (SSSR count). The Labute approximate surface area is 122 Å². The van der Waals surface area contributed by atoms with E-state index in [0.717, 1.165) is 39.1 Å². The van der Waals surface area contributed by atoms with Crippen LogP contribution in [-0.2, 0) is 9.53 Å². The van der Waals surface area contributed by atoms with Crippen molar-refractivity contribution in [3.05, 3.63) is 0 Å². The zero-order valence-electron chi connectivity index (χ0n) is 13.2. The summed E-state index contributed by atoms with van der Waals surface area (Å²) in [5.41, 5.74) is -0.888. The van der Waals surface area contributed by atoms with E-state index in [4.69, 9.17) is 4.74 Å². The molecule has 1 aliphatic heterocycles. The van der Waals surface area contributed by atoms with E-state index in [9.17, 15) is 9.90 Å². The van der Waals surface area contributed by atoms with Gasteiger partial charge in [0.1, 0.15) is 0 Å². The lowest BCUT2D eigenvalue weighted by Crippen LogP contribution is -2.51. The van der Waals surface area contributed by atoms with Crippen LogP contribution in [0.5, 0.6) is 0 Å². The lowest BCUT2D eigenvalue weighted by Gasteiger charge is -2.33. The minimum absolute atomic E-state index is 0.0354. The number of carbonyl (C=O) groups excluding carboxylic acids is 1. The zero-order valence-corrected chi connectivity index (χ0v) is 13.2. The van der Waals surface area contributed by atoms with Gasteiger partial charge in [-0.3, -0.25) is 9.69 Å². The van der Waals surface area contributed by atoms with Crippen molar-refractivity contribution in [1.29, 1.82) is 0 Å². The van der Waals surface area contributed by atoms with E-state index in [1.807, 2.05) is 0 Å². The topological polar surface area (TPSA) is 61.8 Å². The average Bonchev–Trinajstić information content (AvgIpc) is 2.37. The van der Waals surface area contributed by atoms with E-state index in [1.54, 1.807) is 6.92 Å². The fourth-order valence-corrected chi connectivity index (χ4v) is 2.57. The molecule has 0 bridgehead atoms. The number of nitrogens with zero attached hydrogens (tertiary/aromatic N) is 1. The molecule has 118 valence electrons. The molecular formula is C15H30N2O3. The highest BCUT2D eigenvalue weighted by molar-refractivity contribution is 5.76. The SMILES string of the molecule is CCCC(C)CC(=O)NCC(C)(O)CN1CCOCC1. The smallest absolute Gasteiger partial charge is 0.220 e. The summed E-state index contributed by atoms with van der Waals surface area (Å²) in [6.07, 6.45) is 2.71. The molecule has 0 radical (unpaired) electrons. The molecule has 1 fully saturated rings. The Morgan fingerprint density at radius 2 is 2.10 bits per heavy atom. The Morgan fingerprint density at radius 3 is 2.70 bits per heavy atom. The fraction of sp³-hybridized carbons (Fsp3) is 0.933. The van der Waals surface area contributed by atoms with Crippen LogP contribution in [0.3, 0.4) is 0 Å². The summed E-state index contributed by atoms with van der Waals surface area (Å²) in [4.78, 5) is 14.0. The van der Waals surface area contributed by atoms with Crippen molar-refractivity contribution in [3.8, 4) is 0 Å². The largest absolute Gasteiger partial charge is 0.387 e. The van der Waals surface area contributed by atoms with Crippen LogP contribution in [0.25, 0.3) is 0 Å². The second kappa shape index (κ2) is 8.60. The number of nitrogens with one attached hydrogen (secondary N) is 1. The van der Waals surface area contributed by atoms with Crippen molar-refractivity contribution in [2.75, 3.05) is 39.4 Å². The van der Waals surface area contributed by atoms with E-state index in [1.165, 1.54) is 0 Å². The first-order valence-electron chi connectivity index (χ1n) is 7.72. The number of rotatable bonds is 8. The maximum Gasteiger partial charge on any atom is 0.220 e. The van der Waals surface area contributed by atoms with Crippen molar-refractivity contribution in [3.63, 3.8) is 0 Å². The molecule has 1 aliphatic rings. The molecular weight excluding hydrogens is 256 g/mol. The minimum atomic E-state index is -0.888. The molecule has 2 unspecified atom stereocenters. The van der Waals surface area contributed by atoms with E-state index < -0.39 is 5.60 Å². The second-order valence-corrected chi connectivity index (χ2v) is 6.26. The van der Waals surface area contributed by atoms with Gasteiger partial charge < -0.3 is 15.2 Å². The van der Waals surface area contributed by atoms with Crippen molar-refractivity contribution in [1.82, 2.24) is 10.2 Å².